The predicted octanol–water partition coefficient (Wildman–Crippen LogP) is 1.68. The average molecular weight is 173 g/mol. The molecule has 0 spiro atoms. The first kappa shape index (κ1) is 7.86. The number of amidine groups is 1. The van der Waals surface area contributed by atoms with Gasteiger partial charge in [0.1, 0.15) is 5.84 Å². The Morgan fingerprint density at radius 3 is 2.54 bits per heavy atom. The fourth-order valence-electron chi connectivity index (χ4n) is 1.33. The minimum atomic E-state index is 0.619. The number of rotatable bonds is 1. The van der Waals surface area contributed by atoms with Crippen molar-refractivity contribution in [2.45, 2.75) is 6.42 Å². The number of nitrogens with two attached hydrogens (primary N) is 1. The van der Waals surface area contributed by atoms with Gasteiger partial charge in [0.25, 0.3) is 0 Å². The topological polar surface area (TPSA) is 41.6 Å². The second-order valence-corrected chi connectivity index (χ2v) is 2.98. The molecule has 0 aliphatic carbocycles. The molecular weight excluding hydrogens is 162 g/mol. The van der Waals surface area contributed by atoms with Gasteiger partial charge in [-0.25, -0.2) is 5.01 Å². The maximum Gasteiger partial charge on any atom is 0.126 e. The lowest BCUT2D eigenvalue weighted by molar-refractivity contribution is 1.04. The summed E-state index contributed by atoms with van der Waals surface area (Å²) in [6.45, 7) is 3.89. The Morgan fingerprint density at radius 1 is 1.31 bits per heavy atom. The Morgan fingerprint density at radius 2 is 2.00 bits per heavy atom. The van der Waals surface area contributed by atoms with E-state index in [2.05, 4.69) is 11.7 Å². The van der Waals surface area contributed by atoms with Crippen molar-refractivity contribution in [1.82, 2.24) is 0 Å². The molecule has 0 aromatic heterocycles. The number of para-hydroxylation sites is 1. The number of nitrogens with zero attached hydrogens (tertiary/aromatic N) is 2. The van der Waals surface area contributed by atoms with Gasteiger partial charge in [0.15, 0.2) is 0 Å². The highest BCUT2D eigenvalue weighted by molar-refractivity contribution is 5.87. The van der Waals surface area contributed by atoms with Gasteiger partial charge in [0.2, 0.25) is 0 Å². The second kappa shape index (κ2) is 2.94. The minimum absolute atomic E-state index is 0.619. The lowest BCUT2D eigenvalue weighted by Crippen LogP contribution is -2.08. The quantitative estimate of drug-likeness (QED) is 0.702. The molecule has 1 aromatic carbocycles. The Bertz CT molecular complexity index is 354. The first-order valence-electron chi connectivity index (χ1n) is 4.13. The monoisotopic (exact) mass is 173 g/mol. The van der Waals surface area contributed by atoms with E-state index < -0.39 is 0 Å². The highest BCUT2D eigenvalue weighted by Crippen LogP contribution is 2.24. The largest absolute Gasteiger partial charge is 0.385 e. The highest BCUT2D eigenvalue weighted by Gasteiger charge is 2.17. The summed E-state index contributed by atoms with van der Waals surface area (Å²) in [6, 6.07) is 9.86. The Hall–Kier alpha value is -1.77. The summed E-state index contributed by atoms with van der Waals surface area (Å²) in [5, 5.41) is 5.94. The van der Waals surface area contributed by atoms with E-state index in [1.807, 2.05) is 30.3 Å². The van der Waals surface area contributed by atoms with Gasteiger partial charge in [-0.2, -0.15) is 5.10 Å². The van der Waals surface area contributed by atoms with Crippen LogP contribution in [-0.2, 0) is 0 Å². The van der Waals surface area contributed by atoms with Gasteiger partial charge in [0.05, 0.1) is 5.69 Å². The summed E-state index contributed by atoms with van der Waals surface area (Å²) in [6.07, 6.45) is 0.662. The molecule has 2 N–H and O–H groups in total. The van der Waals surface area contributed by atoms with Gasteiger partial charge in [-0.3, -0.25) is 0 Å². The summed E-state index contributed by atoms with van der Waals surface area (Å²) >= 11 is 0. The van der Waals surface area contributed by atoms with E-state index in [1.54, 1.807) is 5.01 Å². The van der Waals surface area contributed by atoms with Crippen LogP contribution in [-0.4, -0.2) is 5.84 Å². The third-order valence-electron chi connectivity index (χ3n) is 1.91. The number of hydrogen-bond donors (Lipinski definition) is 1. The summed E-state index contributed by atoms with van der Waals surface area (Å²) in [4.78, 5) is 0. The van der Waals surface area contributed by atoms with Crippen LogP contribution in [0, 0.1) is 0 Å². The molecule has 0 saturated carbocycles. The van der Waals surface area contributed by atoms with Gasteiger partial charge in [-0.05, 0) is 12.1 Å². The molecule has 66 valence electrons. The molecule has 0 unspecified atom stereocenters. The lowest BCUT2D eigenvalue weighted by Gasteiger charge is -2.14. The van der Waals surface area contributed by atoms with Gasteiger partial charge >= 0.3 is 0 Å². The number of hydrazone groups is 1. The van der Waals surface area contributed by atoms with E-state index in [-0.39, 0.29) is 0 Å². The van der Waals surface area contributed by atoms with E-state index in [1.165, 1.54) is 0 Å². The molecule has 0 saturated heterocycles. The van der Waals surface area contributed by atoms with Gasteiger partial charge in [0, 0.05) is 12.1 Å². The number of anilines is 1. The zero-order valence-corrected chi connectivity index (χ0v) is 7.27. The second-order valence-electron chi connectivity index (χ2n) is 2.98. The van der Waals surface area contributed by atoms with E-state index >= 15 is 0 Å². The third kappa shape index (κ3) is 1.40. The molecule has 0 radical (unpaired) electrons. The van der Waals surface area contributed by atoms with E-state index in [0.717, 1.165) is 11.4 Å². The van der Waals surface area contributed by atoms with Crippen LogP contribution in [0.15, 0.2) is 47.7 Å². The molecule has 2 rings (SSSR count). The van der Waals surface area contributed by atoms with Crippen molar-refractivity contribution < 1.29 is 0 Å². The normalized spacial score (nSPS) is 16.2. The summed E-state index contributed by atoms with van der Waals surface area (Å²) in [7, 11) is 0. The molecule has 0 bridgehead atoms. The van der Waals surface area contributed by atoms with Crippen LogP contribution in [0.2, 0.25) is 0 Å². The molecule has 13 heavy (non-hydrogen) atoms. The molecule has 1 aromatic rings. The van der Waals surface area contributed by atoms with Crippen LogP contribution in [0.3, 0.4) is 0 Å². The molecule has 3 nitrogen and oxygen atoms in total. The number of hydrogen-bond acceptors (Lipinski definition) is 3. The SMILES string of the molecule is C=C1CC(N)=NN1c1ccccc1. The van der Waals surface area contributed by atoms with Crippen LogP contribution in [0.25, 0.3) is 0 Å². The zero-order valence-electron chi connectivity index (χ0n) is 7.27. The summed E-state index contributed by atoms with van der Waals surface area (Å²) in [5.74, 6) is 0.619. The van der Waals surface area contributed by atoms with Gasteiger partial charge < -0.3 is 5.73 Å². The van der Waals surface area contributed by atoms with Crippen LogP contribution in [0.4, 0.5) is 5.69 Å². The minimum Gasteiger partial charge on any atom is -0.385 e. The molecule has 1 heterocycles. The standard InChI is InChI=1S/C10H11N3/c1-8-7-10(11)12-13(8)9-5-3-2-4-6-9/h2-6H,1,7H2,(H2,11,12). The average Bonchev–Trinajstić information content (AvgIpc) is 2.47. The van der Waals surface area contributed by atoms with Crippen LogP contribution in [0.1, 0.15) is 6.42 Å². The van der Waals surface area contributed by atoms with Crippen molar-refractivity contribution in [3.05, 3.63) is 42.6 Å². The maximum atomic E-state index is 5.60. The van der Waals surface area contributed by atoms with Crippen molar-refractivity contribution in [3.63, 3.8) is 0 Å². The highest BCUT2D eigenvalue weighted by atomic mass is 15.5. The van der Waals surface area contributed by atoms with Crippen LogP contribution in [0.5, 0.6) is 0 Å². The molecule has 3 heteroatoms. The first-order valence-corrected chi connectivity index (χ1v) is 4.13. The fraction of sp³-hybridized carbons (Fsp3) is 0.100. The smallest absolute Gasteiger partial charge is 0.126 e. The first-order chi connectivity index (χ1) is 6.27. The lowest BCUT2D eigenvalue weighted by atomic mass is 10.3. The van der Waals surface area contributed by atoms with Crippen LogP contribution < -0.4 is 10.7 Å². The van der Waals surface area contributed by atoms with Crippen molar-refractivity contribution in [1.29, 1.82) is 0 Å². The van der Waals surface area contributed by atoms with Crippen molar-refractivity contribution in [2.75, 3.05) is 5.01 Å². The van der Waals surface area contributed by atoms with Crippen molar-refractivity contribution >= 4 is 11.5 Å². The summed E-state index contributed by atoms with van der Waals surface area (Å²) in [5.41, 5.74) is 7.53. The molecule has 1 aliphatic heterocycles. The molecular formula is C10H11N3. The predicted molar refractivity (Wildman–Crippen MR) is 54.3 cm³/mol. The maximum absolute atomic E-state index is 5.60. The van der Waals surface area contributed by atoms with Gasteiger partial charge in [-0.1, -0.05) is 24.8 Å². The van der Waals surface area contributed by atoms with E-state index in [0.29, 0.717) is 12.3 Å². The Kier molecular flexibility index (Phi) is 1.77. The van der Waals surface area contributed by atoms with E-state index in [9.17, 15) is 0 Å². The zero-order chi connectivity index (χ0) is 9.26. The van der Waals surface area contributed by atoms with Crippen molar-refractivity contribution in [2.24, 2.45) is 10.8 Å². The Balaban J connectivity index is 2.33. The summed E-state index contributed by atoms with van der Waals surface area (Å²) < 4.78 is 0. The molecule has 1 aliphatic rings. The molecule has 0 amide bonds. The molecule has 0 fully saturated rings. The number of benzene rings is 1. The van der Waals surface area contributed by atoms with Gasteiger partial charge in [-0.15, -0.1) is 0 Å². The fourth-order valence-corrected chi connectivity index (χ4v) is 1.33. The van der Waals surface area contributed by atoms with E-state index in [4.69, 9.17) is 5.73 Å². The van der Waals surface area contributed by atoms with Crippen LogP contribution >= 0.6 is 0 Å². The molecule has 0 atom stereocenters. The van der Waals surface area contributed by atoms with Crippen molar-refractivity contribution in [3.8, 4) is 0 Å². The Labute approximate surface area is 77.2 Å². The third-order valence-corrected chi connectivity index (χ3v) is 1.91.